The second-order valence-corrected chi connectivity index (χ2v) is 7.94. The lowest BCUT2D eigenvalue weighted by Gasteiger charge is -2.26. The number of aliphatic carboxylic acids is 1. The van der Waals surface area contributed by atoms with Crippen molar-refractivity contribution in [2.24, 2.45) is 23.7 Å². The highest BCUT2D eigenvalue weighted by Crippen LogP contribution is 2.57. The number of carboxylic acids is 1. The summed E-state index contributed by atoms with van der Waals surface area (Å²) in [6, 6.07) is 5.62. The van der Waals surface area contributed by atoms with E-state index in [-0.39, 0.29) is 17.7 Å². The van der Waals surface area contributed by atoms with Gasteiger partial charge in [0, 0.05) is 10.2 Å². The smallest absolute Gasteiger partial charge is 0.307 e. The Morgan fingerprint density at radius 1 is 1.17 bits per heavy atom. The van der Waals surface area contributed by atoms with Crippen molar-refractivity contribution in [3.63, 3.8) is 0 Å². The number of carbonyl (C=O) groups is 2. The Balaban J connectivity index is 1.89. The molecule has 0 unspecified atom stereocenters. The fourth-order valence-electron chi connectivity index (χ4n) is 4.55. The third-order valence-corrected chi connectivity index (χ3v) is 6.32. The molecule has 1 aromatic carbocycles. The molecule has 2 bridgehead atoms. The van der Waals surface area contributed by atoms with Gasteiger partial charge in [0.05, 0.1) is 11.8 Å². The van der Waals surface area contributed by atoms with Gasteiger partial charge in [-0.2, -0.15) is 0 Å². The van der Waals surface area contributed by atoms with Crippen LogP contribution in [0.5, 0.6) is 0 Å². The lowest BCUT2D eigenvalue weighted by molar-refractivity contribution is -0.148. The normalized spacial score (nSPS) is 28.1. The molecular weight excluding hydrogens is 370 g/mol. The van der Waals surface area contributed by atoms with Gasteiger partial charge in [-0.15, -0.1) is 0 Å². The van der Waals surface area contributed by atoms with Gasteiger partial charge in [-0.1, -0.05) is 27.1 Å². The molecule has 4 nitrogen and oxygen atoms in total. The van der Waals surface area contributed by atoms with Gasteiger partial charge in [0.25, 0.3) is 0 Å². The minimum atomic E-state index is -0.854. The Hall–Kier alpha value is -1.62. The van der Waals surface area contributed by atoms with E-state index in [1.165, 1.54) is 11.1 Å². The van der Waals surface area contributed by atoms with Crippen LogP contribution in [0, 0.1) is 30.6 Å². The summed E-state index contributed by atoms with van der Waals surface area (Å²) in [6.07, 6.45) is 1.79. The first-order valence-electron chi connectivity index (χ1n) is 8.28. The molecule has 4 atom stereocenters. The molecule has 2 saturated carbocycles. The van der Waals surface area contributed by atoms with Crippen molar-refractivity contribution >= 4 is 33.5 Å². The Kier molecular flexibility index (Phi) is 4.56. The highest BCUT2D eigenvalue weighted by Gasteiger charge is 2.57. The van der Waals surface area contributed by atoms with Crippen LogP contribution in [0.3, 0.4) is 0 Å². The minimum absolute atomic E-state index is 0.0138. The van der Waals surface area contributed by atoms with Crippen molar-refractivity contribution < 1.29 is 14.7 Å². The molecule has 5 heteroatoms. The number of nitrogens with one attached hydrogen (secondary N) is 1. The van der Waals surface area contributed by atoms with Gasteiger partial charge in [0.1, 0.15) is 0 Å². The maximum Gasteiger partial charge on any atom is 0.307 e. The predicted octanol–water partition coefficient (Wildman–Crippen LogP) is 4.39. The minimum Gasteiger partial charge on any atom is -0.481 e. The second kappa shape index (κ2) is 6.36. The van der Waals surface area contributed by atoms with Gasteiger partial charge in [0.2, 0.25) is 5.91 Å². The molecule has 128 valence electrons. The number of amides is 1. The number of hydrogen-bond acceptors (Lipinski definition) is 2. The van der Waals surface area contributed by atoms with Gasteiger partial charge in [-0.25, -0.2) is 0 Å². The predicted molar refractivity (Wildman–Crippen MR) is 96.7 cm³/mol. The number of carboxylic acid groups (broad SMARTS) is 1. The van der Waals surface area contributed by atoms with Crippen LogP contribution < -0.4 is 5.32 Å². The van der Waals surface area contributed by atoms with Crippen LogP contribution in [0.4, 0.5) is 5.69 Å². The molecule has 24 heavy (non-hydrogen) atoms. The highest BCUT2D eigenvalue weighted by molar-refractivity contribution is 9.10. The van der Waals surface area contributed by atoms with E-state index in [0.29, 0.717) is 5.69 Å². The van der Waals surface area contributed by atoms with E-state index in [0.717, 1.165) is 22.9 Å². The fourth-order valence-corrected chi connectivity index (χ4v) is 4.80. The number of carbonyl (C=O) groups excluding carboxylic acids is 1. The summed E-state index contributed by atoms with van der Waals surface area (Å²) >= 11 is 3.44. The summed E-state index contributed by atoms with van der Waals surface area (Å²) < 4.78 is 0.982. The SMILES string of the molecule is CC(C)=C1[C@H]2CC[C@H]1[C@@H](C(=O)Nc1ccc(Br)c(C)c1)[C@H]2C(=O)O. The van der Waals surface area contributed by atoms with Crippen LogP contribution in [0.2, 0.25) is 0 Å². The summed E-state index contributed by atoms with van der Waals surface area (Å²) in [7, 11) is 0. The zero-order valence-corrected chi connectivity index (χ0v) is 15.7. The molecule has 1 amide bonds. The van der Waals surface area contributed by atoms with Crippen LogP contribution in [0.1, 0.15) is 32.3 Å². The van der Waals surface area contributed by atoms with Crippen LogP contribution in [0.25, 0.3) is 0 Å². The standard InChI is InChI=1S/C19H22BrNO3/c1-9(2)15-12-5-6-13(15)17(19(23)24)16(12)18(22)21-11-4-7-14(20)10(3)8-11/h4,7-8,12-13,16-17H,5-6H2,1-3H3,(H,21,22)(H,23,24)/t12-,13-,16-,17+/m1/s1. The quantitative estimate of drug-likeness (QED) is 0.750. The summed E-state index contributed by atoms with van der Waals surface area (Å²) in [6.45, 7) is 6.01. The summed E-state index contributed by atoms with van der Waals surface area (Å²) in [4.78, 5) is 24.7. The number of benzene rings is 1. The molecular formula is C19H22BrNO3. The monoisotopic (exact) mass is 391 g/mol. The van der Waals surface area contributed by atoms with Gasteiger partial charge < -0.3 is 10.4 Å². The fraction of sp³-hybridized carbons (Fsp3) is 0.474. The zero-order valence-electron chi connectivity index (χ0n) is 14.1. The molecule has 2 aliphatic rings. The number of allylic oxidation sites excluding steroid dienone is 2. The summed E-state index contributed by atoms with van der Waals surface area (Å²) in [5.74, 6) is -2.03. The molecule has 2 fully saturated rings. The number of anilines is 1. The van der Waals surface area contributed by atoms with Crippen molar-refractivity contribution in [1.29, 1.82) is 0 Å². The first-order chi connectivity index (χ1) is 11.3. The topological polar surface area (TPSA) is 66.4 Å². The van der Waals surface area contributed by atoms with Crippen molar-refractivity contribution in [2.75, 3.05) is 5.32 Å². The maximum absolute atomic E-state index is 12.9. The van der Waals surface area contributed by atoms with Crippen molar-refractivity contribution in [3.8, 4) is 0 Å². The molecule has 0 radical (unpaired) electrons. The van der Waals surface area contributed by atoms with Crippen LogP contribution >= 0.6 is 15.9 Å². The van der Waals surface area contributed by atoms with Crippen LogP contribution in [0.15, 0.2) is 33.8 Å². The number of rotatable bonds is 3. The van der Waals surface area contributed by atoms with Gasteiger partial charge in [0.15, 0.2) is 0 Å². The molecule has 0 spiro atoms. The summed E-state index contributed by atoms with van der Waals surface area (Å²) in [5, 5.41) is 12.6. The van der Waals surface area contributed by atoms with Gasteiger partial charge in [-0.3, -0.25) is 9.59 Å². The van der Waals surface area contributed by atoms with E-state index >= 15 is 0 Å². The average molecular weight is 392 g/mol. The number of aryl methyl sites for hydroxylation is 1. The Bertz CT molecular complexity index is 736. The van der Waals surface area contributed by atoms with Crippen molar-refractivity contribution in [3.05, 3.63) is 39.4 Å². The van der Waals surface area contributed by atoms with E-state index in [1.807, 2.05) is 39.0 Å². The number of fused-ring (bicyclic) bond motifs is 2. The molecule has 0 heterocycles. The molecule has 1 aromatic rings. The molecule has 0 aromatic heterocycles. The Morgan fingerprint density at radius 3 is 2.33 bits per heavy atom. The third kappa shape index (κ3) is 2.79. The second-order valence-electron chi connectivity index (χ2n) is 7.09. The summed E-state index contributed by atoms with van der Waals surface area (Å²) in [5.41, 5.74) is 4.12. The molecule has 3 rings (SSSR count). The Labute approximate surface area is 150 Å². The first-order valence-corrected chi connectivity index (χ1v) is 9.07. The lowest BCUT2D eigenvalue weighted by Crippen LogP contribution is -2.37. The van der Waals surface area contributed by atoms with Gasteiger partial charge >= 0.3 is 5.97 Å². The van der Waals surface area contributed by atoms with Crippen molar-refractivity contribution in [1.82, 2.24) is 0 Å². The molecule has 2 N–H and O–H groups in total. The lowest BCUT2D eigenvalue weighted by atomic mass is 9.78. The Morgan fingerprint density at radius 2 is 1.79 bits per heavy atom. The molecule has 0 saturated heterocycles. The van der Waals surface area contributed by atoms with E-state index in [9.17, 15) is 14.7 Å². The molecule has 2 aliphatic carbocycles. The number of halogens is 1. The molecule has 0 aliphatic heterocycles. The third-order valence-electron chi connectivity index (χ3n) is 5.43. The van der Waals surface area contributed by atoms with Crippen LogP contribution in [-0.2, 0) is 9.59 Å². The number of hydrogen-bond donors (Lipinski definition) is 2. The zero-order chi connectivity index (χ0) is 17.6. The highest BCUT2D eigenvalue weighted by atomic mass is 79.9. The van der Waals surface area contributed by atoms with E-state index in [1.54, 1.807) is 0 Å². The van der Waals surface area contributed by atoms with E-state index < -0.39 is 17.8 Å². The maximum atomic E-state index is 12.9. The van der Waals surface area contributed by atoms with Crippen molar-refractivity contribution in [2.45, 2.75) is 33.6 Å². The average Bonchev–Trinajstić information content (AvgIpc) is 3.06. The first kappa shape index (κ1) is 17.2. The van der Waals surface area contributed by atoms with E-state index in [2.05, 4.69) is 21.2 Å². The van der Waals surface area contributed by atoms with E-state index in [4.69, 9.17) is 0 Å². The van der Waals surface area contributed by atoms with Gasteiger partial charge in [-0.05, 0) is 69.2 Å². The van der Waals surface area contributed by atoms with Crippen LogP contribution in [-0.4, -0.2) is 17.0 Å². The largest absolute Gasteiger partial charge is 0.481 e.